The van der Waals surface area contributed by atoms with Gasteiger partial charge in [-0.2, -0.15) is 0 Å². The van der Waals surface area contributed by atoms with E-state index < -0.39 is 17.8 Å². The van der Waals surface area contributed by atoms with Gasteiger partial charge >= 0.3 is 11.9 Å². The molecule has 0 N–H and O–H groups in total. The highest BCUT2D eigenvalue weighted by Crippen LogP contribution is 2.28. The minimum Gasteiger partial charge on any atom is -0.490 e. The minimum absolute atomic E-state index is 0.00654. The van der Waals surface area contributed by atoms with Crippen molar-refractivity contribution in [3.05, 3.63) is 76.3 Å². The lowest BCUT2D eigenvalue weighted by Crippen LogP contribution is -2.11. The average molecular weight is 377 g/mol. The van der Waals surface area contributed by atoms with Gasteiger partial charge in [0.15, 0.2) is 0 Å². The van der Waals surface area contributed by atoms with Crippen molar-refractivity contribution in [3.63, 3.8) is 0 Å². The predicted octanol–water partition coefficient (Wildman–Crippen LogP) is 3.62. The van der Waals surface area contributed by atoms with Gasteiger partial charge in [-0.3, -0.25) is 0 Å². The minimum atomic E-state index is -0.587. The zero-order valence-electron chi connectivity index (χ0n) is 13.5. The average Bonchev–Trinajstić information content (AvgIpc) is 2.99. The number of rotatable bonds is 6. The summed E-state index contributed by atoms with van der Waals surface area (Å²) in [5, 5.41) is 0.488. The fraction of sp³-hybridized carbons (Fsp3) is 0.158. The third-order valence-corrected chi connectivity index (χ3v) is 3.84. The van der Waals surface area contributed by atoms with Gasteiger partial charge in [0.1, 0.15) is 37.0 Å². The maximum atomic E-state index is 12.8. The van der Waals surface area contributed by atoms with Crippen LogP contribution in [0.2, 0.25) is 5.02 Å². The Hall–Kier alpha value is -2.86. The molecule has 1 heterocycles. The molecule has 5 nitrogen and oxygen atoms in total. The zero-order chi connectivity index (χ0) is 18.5. The third kappa shape index (κ3) is 4.21. The standard InChI is InChI=1S/C19H14ClFO5/c20-14-3-1-2-13(10-14)17-16(11-26-19(17)23)24-8-9-25-18(22)12-4-6-15(21)7-5-12/h1-7,10H,8-9,11H2. The van der Waals surface area contributed by atoms with E-state index in [9.17, 15) is 14.0 Å². The number of carbonyl (C=O) groups excluding carboxylic acids is 2. The van der Waals surface area contributed by atoms with Gasteiger partial charge in [-0.05, 0) is 42.0 Å². The van der Waals surface area contributed by atoms with E-state index in [-0.39, 0.29) is 25.4 Å². The molecule has 0 saturated carbocycles. The Morgan fingerprint density at radius 3 is 2.65 bits per heavy atom. The molecule has 0 spiro atoms. The summed E-state index contributed by atoms with van der Waals surface area (Å²) in [5.41, 5.74) is 1.14. The lowest BCUT2D eigenvalue weighted by atomic mass is 10.1. The van der Waals surface area contributed by atoms with E-state index in [0.29, 0.717) is 21.9 Å². The molecule has 26 heavy (non-hydrogen) atoms. The quantitative estimate of drug-likeness (QED) is 0.569. The van der Waals surface area contributed by atoms with Crippen LogP contribution in [0.5, 0.6) is 0 Å². The van der Waals surface area contributed by atoms with Crippen molar-refractivity contribution in [3.8, 4) is 0 Å². The Labute approximate surface area is 153 Å². The second-order valence-electron chi connectivity index (χ2n) is 5.38. The number of cyclic esters (lactones) is 1. The van der Waals surface area contributed by atoms with Crippen molar-refractivity contribution >= 4 is 29.1 Å². The molecule has 134 valence electrons. The van der Waals surface area contributed by atoms with Gasteiger partial charge < -0.3 is 14.2 Å². The van der Waals surface area contributed by atoms with E-state index in [1.54, 1.807) is 24.3 Å². The molecule has 0 fully saturated rings. The first kappa shape index (κ1) is 17.9. The van der Waals surface area contributed by atoms with Crippen molar-refractivity contribution < 1.29 is 28.2 Å². The largest absolute Gasteiger partial charge is 0.490 e. The number of benzene rings is 2. The van der Waals surface area contributed by atoms with Crippen LogP contribution in [0.1, 0.15) is 15.9 Å². The normalized spacial score (nSPS) is 13.5. The molecular formula is C19H14ClFO5. The van der Waals surface area contributed by atoms with E-state index in [2.05, 4.69) is 0 Å². The van der Waals surface area contributed by atoms with E-state index >= 15 is 0 Å². The lowest BCUT2D eigenvalue weighted by molar-refractivity contribution is -0.134. The first-order chi connectivity index (χ1) is 12.5. The van der Waals surface area contributed by atoms with Crippen LogP contribution in [-0.2, 0) is 19.0 Å². The molecule has 0 atom stereocenters. The molecule has 0 radical (unpaired) electrons. The van der Waals surface area contributed by atoms with Crippen LogP contribution in [-0.4, -0.2) is 31.8 Å². The number of hydrogen-bond acceptors (Lipinski definition) is 5. The van der Waals surface area contributed by atoms with Crippen molar-refractivity contribution in [1.82, 2.24) is 0 Å². The third-order valence-electron chi connectivity index (χ3n) is 3.60. The molecule has 3 rings (SSSR count). The van der Waals surface area contributed by atoms with Gasteiger partial charge in [0.05, 0.1) is 5.56 Å². The Bertz CT molecular complexity index is 860. The first-order valence-corrected chi connectivity index (χ1v) is 8.14. The Morgan fingerprint density at radius 1 is 1.15 bits per heavy atom. The highest BCUT2D eigenvalue weighted by atomic mass is 35.5. The zero-order valence-corrected chi connectivity index (χ0v) is 14.3. The van der Waals surface area contributed by atoms with Crippen LogP contribution < -0.4 is 0 Å². The van der Waals surface area contributed by atoms with Crippen molar-refractivity contribution in [1.29, 1.82) is 0 Å². The Balaban J connectivity index is 1.58. The number of halogens is 2. The predicted molar refractivity (Wildman–Crippen MR) is 92.0 cm³/mol. The van der Waals surface area contributed by atoms with Crippen LogP contribution in [0.25, 0.3) is 5.57 Å². The summed E-state index contributed by atoms with van der Waals surface area (Å²) < 4.78 is 28.4. The topological polar surface area (TPSA) is 61.8 Å². The highest BCUT2D eigenvalue weighted by Gasteiger charge is 2.28. The SMILES string of the molecule is O=C1OCC(OCCOC(=O)c2ccc(F)cc2)=C1c1cccc(Cl)c1. The van der Waals surface area contributed by atoms with E-state index in [1.165, 1.54) is 24.3 Å². The Morgan fingerprint density at radius 2 is 1.92 bits per heavy atom. The maximum Gasteiger partial charge on any atom is 0.342 e. The molecule has 2 aromatic carbocycles. The number of ether oxygens (including phenoxy) is 3. The Kier molecular flexibility index (Phi) is 5.53. The summed E-state index contributed by atoms with van der Waals surface area (Å²) in [4.78, 5) is 23.8. The molecule has 0 saturated heterocycles. The van der Waals surface area contributed by atoms with Crippen LogP contribution in [0.3, 0.4) is 0 Å². The molecule has 0 unspecified atom stereocenters. The molecule has 2 aromatic rings. The van der Waals surface area contributed by atoms with Crippen LogP contribution >= 0.6 is 11.6 Å². The van der Waals surface area contributed by atoms with Crippen molar-refractivity contribution in [2.24, 2.45) is 0 Å². The van der Waals surface area contributed by atoms with Gasteiger partial charge in [0.2, 0.25) is 0 Å². The number of esters is 2. The molecule has 1 aliphatic rings. The van der Waals surface area contributed by atoms with Gasteiger partial charge in [0, 0.05) is 5.02 Å². The molecule has 0 aliphatic carbocycles. The lowest BCUT2D eigenvalue weighted by Gasteiger charge is -2.09. The fourth-order valence-electron chi connectivity index (χ4n) is 2.39. The summed E-state index contributed by atoms with van der Waals surface area (Å²) in [7, 11) is 0. The van der Waals surface area contributed by atoms with Crippen molar-refractivity contribution in [2.45, 2.75) is 0 Å². The molecular weight excluding hydrogens is 363 g/mol. The van der Waals surface area contributed by atoms with Gasteiger partial charge in [-0.15, -0.1) is 0 Å². The molecule has 0 amide bonds. The first-order valence-electron chi connectivity index (χ1n) is 7.76. The second kappa shape index (κ2) is 8.01. The number of carbonyl (C=O) groups is 2. The van der Waals surface area contributed by atoms with Gasteiger partial charge in [-0.25, -0.2) is 14.0 Å². The van der Waals surface area contributed by atoms with E-state index in [1.807, 2.05) is 0 Å². The van der Waals surface area contributed by atoms with E-state index in [4.69, 9.17) is 25.8 Å². The highest BCUT2D eigenvalue weighted by molar-refractivity contribution is 6.31. The summed E-state index contributed by atoms with van der Waals surface area (Å²) in [5.74, 6) is -1.16. The maximum absolute atomic E-state index is 12.8. The summed E-state index contributed by atoms with van der Waals surface area (Å²) in [6, 6.07) is 11.8. The summed E-state index contributed by atoms with van der Waals surface area (Å²) >= 11 is 5.95. The second-order valence-corrected chi connectivity index (χ2v) is 5.81. The van der Waals surface area contributed by atoms with Gasteiger partial charge in [0.25, 0.3) is 0 Å². The molecule has 7 heteroatoms. The van der Waals surface area contributed by atoms with Crippen LogP contribution in [0, 0.1) is 5.82 Å². The van der Waals surface area contributed by atoms with Gasteiger partial charge in [-0.1, -0.05) is 23.7 Å². The van der Waals surface area contributed by atoms with Crippen molar-refractivity contribution in [2.75, 3.05) is 19.8 Å². The van der Waals surface area contributed by atoms with Crippen LogP contribution in [0.4, 0.5) is 4.39 Å². The number of hydrogen-bond donors (Lipinski definition) is 0. The summed E-state index contributed by atoms with van der Waals surface area (Å²) in [6.45, 7) is 0.0201. The van der Waals surface area contributed by atoms with E-state index in [0.717, 1.165) is 0 Å². The smallest absolute Gasteiger partial charge is 0.342 e. The molecule has 1 aliphatic heterocycles. The molecule has 0 aromatic heterocycles. The fourth-order valence-corrected chi connectivity index (χ4v) is 2.58. The summed E-state index contributed by atoms with van der Waals surface area (Å²) in [6.07, 6.45) is 0. The van der Waals surface area contributed by atoms with Crippen LogP contribution in [0.15, 0.2) is 54.3 Å². The molecule has 0 bridgehead atoms. The monoisotopic (exact) mass is 376 g/mol.